The van der Waals surface area contributed by atoms with Crippen LogP contribution in [0.5, 0.6) is 0 Å². The summed E-state index contributed by atoms with van der Waals surface area (Å²) in [5.41, 5.74) is -0.460. The molecule has 0 aliphatic carbocycles. The fourth-order valence-electron chi connectivity index (χ4n) is 2.79. The van der Waals surface area contributed by atoms with Crippen LogP contribution in [-0.2, 0) is 19.8 Å². The van der Waals surface area contributed by atoms with E-state index >= 15 is 0 Å². The minimum atomic E-state index is -1.04. The van der Waals surface area contributed by atoms with Crippen molar-refractivity contribution >= 4 is 5.97 Å². The number of benzene rings is 1. The molecule has 2 rings (SSSR count). The molecule has 1 aliphatic heterocycles. The van der Waals surface area contributed by atoms with Crippen LogP contribution in [0.25, 0.3) is 0 Å². The second kappa shape index (κ2) is 7.00. The van der Waals surface area contributed by atoms with E-state index in [0.29, 0.717) is 18.5 Å². The number of nitrogens with one attached hydrogen (secondary N) is 1. The first-order valence-corrected chi connectivity index (χ1v) is 7.33. The van der Waals surface area contributed by atoms with Crippen molar-refractivity contribution in [2.45, 2.75) is 37.8 Å². The number of esters is 1. The van der Waals surface area contributed by atoms with Crippen molar-refractivity contribution in [2.24, 2.45) is 0 Å². The van der Waals surface area contributed by atoms with E-state index in [2.05, 4.69) is 5.32 Å². The zero-order valence-electron chi connectivity index (χ0n) is 12.5. The van der Waals surface area contributed by atoms with Gasteiger partial charge in [0.25, 0.3) is 0 Å². The molecule has 2 atom stereocenters. The molecule has 0 radical (unpaired) electrons. The summed E-state index contributed by atoms with van der Waals surface area (Å²) in [7, 11) is 1.35. The standard InChI is InChI=1S/C16H22FNO3/c1-3-16(15(19)20-2,12-6-4-7-13(17)10-12)18-11-14-8-5-9-21-14/h4,6-7,10,14,18H,3,5,8-9,11H2,1-2H3. The van der Waals surface area contributed by atoms with Gasteiger partial charge in [-0.05, 0) is 37.0 Å². The van der Waals surface area contributed by atoms with Gasteiger partial charge in [0, 0.05) is 13.2 Å². The second-order valence-electron chi connectivity index (χ2n) is 5.28. The number of methoxy groups -OCH3 is 1. The van der Waals surface area contributed by atoms with Gasteiger partial charge in [0.2, 0.25) is 0 Å². The van der Waals surface area contributed by atoms with Crippen LogP contribution >= 0.6 is 0 Å². The number of ether oxygens (including phenoxy) is 2. The van der Waals surface area contributed by atoms with Gasteiger partial charge in [-0.15, -0.1) is 0 Å². The lowest BCUT2D eigenvalue weighted by atomic mass is 9.86. The van der Waals surface area contributed by atoms with Crippen molar-refractivity contribution in [1.82, 2.24) is 5.32 Å². The molecule has 4 nitrogen and oxygen atoms in total. The molecule has 0 saturated carbocycles. The molecule has 116 valence electrons. The smallest absolute Gasteiger partial charge is 0.330 e. The van der Waals surface area contributed by atoms with Gasteiger partial charge in [0.1, 0.15) is 11.4 Å². The van der Waals surface area contributed by atoms with Crippen molar-refractivity contribution in [1.29, 1.82) is 0 Å². The maximum absolute atomic E-state index is 13.5. The first-order valence-electron chi connectivity index (χ1n) is 7.33. The number of hydrogen-bond acceptors (Lipinski definition) is 4. The molecule has 21 heavy (non-hydrogen) atoms. The molecule has 0 spiro atoms. The lowest BCUT2D eigenvalue weighted by Gasteiger charge is -2.32. The Kier molecular flexibility index (Phi) is 5.31. The topological polar surface area (TPSA) is 47.6 Å². The minimum absolute atomic E-state index is 0.0918. The third kappa shape index (κ3) is 3.41. The van der Waals surface area contributed by atoms with Gasteiger partial charge < -0.3 is 9.47 Å². The Morgan fingerprint density at radius 2 is 2.38 bits per heavy atom. The summed E-state index contributed by atoms with van der Waals surface area (Å²) in [5, 5.41) is 3.25. The normalized spacial score (nSPS) is 21.0. The fraction of sp³-hybridized carbons (Fsp3) is 0.562. The van der Waals surface area contributed by atoms with Gasteiger partial charge in [-0.1, -0.05) is 19.1 Å². The molecule has 1 aromatic carbocycles. The summed E-state index contributed by atoms with van der Waals surface area (Å²) in [5.74, 6) is -0.776. The third-order valence-corrected chi connectivity index (χ3v) is 4.04. The maximum atomic E-state index is 13.5. The van der Waals surface area contributed by atoms with Crippen molar-refractivity contribution < 1.29 is 18.7 Å². The van der Waals surface area contributed by atoms with Crippen LogP contribution in [0.15, 0.2) is 24.3 Å². The van der Waals surface area contributed by atoms with Gasteiger partial charge in [-0.25, -0.2) is 9.18 Å². The van der Waals surface area contributed by atoms with E-state index in [9.17, 15) is 9.18 Å². The number of carbonyl (C=O) groups excluding carboxylic acids is 1. The zero-order chi connectivity index (χ0) is 15.3. The number of carbonyl (C=O) groups is 1. The van der Waals surface area contributed by atoms with Gasteiger partial charge >= 0.3 is 5.97 Å². The SMILES string of the molecule is CCC(NCC1CCCO1)(C(=O)OC)c1cccc(F)c1. The van der Waals surface area contributed by atoms with Crippen molar-refractivity contribution in [2.75, 3.05) is 20.3 Å². The van der Waals surface area contributed by atoms with Crippen molar-refractivity contribution in [3.05, 3.63) is 35.6 Å². The van der Waals surface area contributed by atoms with Crippen LogP contribution in [0.4, 0.5) is 4.39 Å². The zero-order valence-corrected chi connectivity index (χ0v) is 12.5. The largest absolute Gasteiger partial charge is 0.467 e. The van der Waals surface area contributed by atoms with E-state index in [4.69, 9.17) is 9.47 Å². The molecule has 0 bridgehead atoms. The Morgan fingerprint density at radius 1 is 1.57 bits per heavy atom. The summed E-state index contributed by atoms with van der Waals surface area (Å²) in [6, 6.07) is 6.09. The Morgan fingerprint density at radius 3 is 2.95 bits per heavy atom. The molecule has 1 N–H and O–H groups in total. The van der Waals surface area contributed by atoms with Crippen LogP contribution < -0.4 is 5.32 Å². The molecule has 5 heteroatoms. The predicted molar refractivity (Wildman–Crippen MR) is 77.4 cm³/mol. The van der Waals surface area contributed by atoms with Gasteiger partial charge in [0.05, 0.1) is 13.2 Å². The molecule has 0 aromatic heterocycles. The summed E-state index contributed by atoms with van der Waals surface area (Å²) in [4.78, 5) is 12.3. The Labute approximate surface area is 124 Å². The van der Waals surface area contributed by atoms with Crippen molar-refractivity contribution in [3.63, 3.8) is 0 Å². The van der Waals surface area contributed by atoms with Crippen LogP contribution in [-0.4, -0.2) is 32.3 Å². The van der Waals surface area contributed by atoms with Gasteiger partial charge in [0.15, 0.2) is 0 Å². The summed E-state index contributed by atoms with van der Waals surface area (Å²) in [6.07, 6.45) is 2.56. The molecular weight excluding hydrogens is 273 g/mol. The molecule has 1 heterocycles. The highest BCUT2D eigenvalue weighted by molar-refractivity contribution is 5.82. The van der Waals surface area contributed by atoms with Crippen molar-refractivity contribution in [3.8, 4) is 0 Å². The quantitative estimate of drug-likeness (QED) is 0.819. The van der Waals surface area contributed by atoms with E-state index in [1.165, 1.54) is 19.2 Å². The van der Waals surface area contributed by atoms with E-state index in [-0.39, 0.29) is 11.9 Å². The lowest BCUT2D eigenvalue weighted by Crippen LogP contribution is -2.51. The van der Waals surface area contributed by atoms with E-state index in [0.717, 1.165) is 19.4 Å². The number of hydrogen-bond donors (Lipinski definition) is 1. The van der Waals surface area contributed by atoms with E-state index < -0.39 is 11.5 Å². The molecule has 0 amide bonds. The minimum Gasteiger partial charge on any atom is -0.467 e. The van der Waals surface area contributed by atoms with Crippen LogP contribution in [0.3, 0.4) is 0 Å². The van der Waals surface area contributed by atoms with Crippen LogP contribution in [0.1, 0.15) is 31.7 Å². The van der Waals surface area contributed by atoms with E-state index in [1.807, 2.05) is 6.92 Å². The Hall–Kier alpha value is -1.46. The molecule has 2 unspecified atom stereocenters. The van der Waals surface area contributed by atoms with Gasteiger partial charge in [-0.2, -0.15) is 0 Å². The molecule has 1 saturated heterocycles. The molecule has 1 aliphatic rings. The molecule has 1 aromatic rings. The average Bonchev–Trinajstić information content (AvgIpc) is 3.01. The first-order chi connectivity index (χ1) is 10.1. The Bertz CT molecular complexity index is 488. The van der Waals surface area contributed by atoms with Crippen LogP contribution in [0.2, 0.25) is 0 Å². The molecular formula is C16H22FNO3. The maximum Gasteiger partial charge on any atom is 0.330 e. The highest BCUT2D eigenvalue weighted by atomic mass is 19.1. The predicted octanol–water partition coefficient (Wildman–Crippen LogP) is 2.37. The molecule has 1 fully saturated rings. The first kappa shape index (κ1) is 15.9. The third-order valence-electron chi connectivity index (χ3n) is 4.04. The number of rotatable bonds is 6. The fourth-order valence-corrected chi connectivity index (χ4v) is 2.79. The average molecular weight is 295 g/mol. The number of halogens is 1. The second-order valence-corrected chi connectivity index (χ2v) is 5.28. The van der Waals surface area contributed by atoms with E-state index in [1.54, 1.807) is 12.1 Å². The highest BCUT2D eigenvalue weighted by Gasteiger charge is 2.40. The summed E-state index contributed by atoms with van der Waals surface area (Å²) >= 11 is 0. The van der Waals surface area contributed by atoms with Crippen LogP contribution in [0, 0.1) is 5.82 Å². The van der Waals surface area contributed by atoms with Gasteiger partial charge in [-0.3, -0.25) is 5.32 Å². The lowest BCUT2D eigenvalue weighted by molar-refractivity contribution is -0.149. The summed E-state index contributed by atoms with van der Waals surface area (Å²) < 4.78 is 24.1. The summed E-state index contributed by atoms with van der Waals surface area (Å²) in [6.45, 7) is 3.17. The highest BCUT2D eigenvalue weighted by Crippen LogP contribution is 2.28. The monoisotopic (exact) mass is 295 g/mol. The Balaban J connectivity index is 2.26.